The van der Waals surface area contributed by atoms with Crippen molar-refractivity contribution in [1.82, 2.24) is 10.2 Å². The molecule has 0 radical (unpaired) electrons. The van der Waals surface area contributed by atoms with E-state index in [1.54, 1.807) is 25.3 Å². The highest BCUT2D eigenvalue weighted by Crippen LogP contribution is 2.34. The first kappa shape index (κ1) is 28.4. The van der Waals surface area contributed by atoms with Crippen LogP contribution in [-0.4, -0.2) is 56.3 Å². The molecule has 1 heterocycles. The number of halogens is 2. The van der Waals surface area contributed by atoms with Crippen molar-refractivity contribution in [2.75, 3.05) is 45.2 Å². The number of rotatable bonds is 11. The normalized spacial score (nSPS) is 16.1. The summed E-state index contributed by atoms with van der Waals surface area (Å²) in [5, 5.41) is 27.2. The number of hydrogen-bond donors (Lipinski definition) is 3. The lowest BCUT2D eigenvalue weighted by Gasteiger charge is -2.37. The molecule has 0 spiro atoms. The number of anilines is 1. The monoisotopic (exact) mass is 552 g/mol. The van der Waals surface area contributed by atoms with Gasteiger partial charge in [-0.2, -0.15) is 5.26 Å². The Morgan fingerprint density at radius 1 is 1.03 bits per heavy atom. The molecule has 4 rings (SSSR count). The van der Waals surface area contributed by atoms with Gasteiger partial charge in [-0.15, -0.1) is 0 Å². The second-order valence-corrected chi connectivity index (χ2v) is 10.5. The first-order valence-corrected chi connectivity index (χ1v) is 13.7. The highest BCUT2D eigenvalue weighted by Gasteiger charge is 2.28. The Morgan fingerprint density at radius 2 is 1.79 bits per heavy atom. The lowest BCUT2D eigenvalue weighted by Crippen LogP contribution is -2.42. The van der Waals surface area contributed by atoms with Gasteiger partial charge in [0.05, 0.1) is 28.3 Å². The second kappa shape index (κ2) is 14.0. The Hall–Kier alpha value is -2.63. The summed E-state index contributed by atoms with van der Waals surface area (Å²) in [5.74, 6) is 0.704. The van der Waals surface area contributed by atoms with E-state index in [-0.39, 0.29) is 5.92 Å². The standard InChI is InChI=1S/C30H34Cl2N4O2/c1-38-16-15-36-13-11-24(12-14-36)27(20-34-30(37)35-26-9-10-28(31)29(32)18-26)23-7-5-22(6-8-23)25-4-2-3-21(17-25)19-33/h2-10,17-18,24,27,30,34-35,37H,11-16,20H2,1H3. The summed E-state index contributed by atoms with van der Waals surface area (Å²) in [4.78, 5) is 2.45. The van der Waals surface area contributed by atoms with Gasteiger partial charge in [0, 0.05) is 25.9 Å². The van der Waals surface area contributed by atoms with Crippen molar-refractivity contribution in [2.45, 2.75) is 25.1 Å². The zero-order valence-electron chi connectivity index (χ0n) is 21.5. The third kappa shape index (κ3) is 7.70. The first-order chi connectivity index (χ1) is 18.5. The Balaban J connectivity index is 1.47. The van der Waals surface area contributed by atoms with Crippen LogP contribution < -0.4 is 10.6 Å². The molecule has 1 aliphatic heterocycles. The minimum atomic E-state index is -0.940. The van der Waals surface area contributed by atoms with Crippen LogP contribution in [0.15, 0.2) is 66.7 Å². The van der Waals surface area contributed by atoms with E-state index in [9.17, 15) is 10.4 Å². The molecule has 1 aliphatic rings. The van der Waals surface area contributed by atoms with Gasteiger partial charge in [0.15, 0.2) is 6.35 Å². The summed E-state index contributed by atoms with van der Waals surface area (Å²) in [5.41, 5.74) is 4.67. The summed E-state index contributed by atoms with van der Waals surface area (Å²) >= 11 is 12.1. The molecule has 0 aliphatic carbocycles. The molecular formula is C30H34Cl2N4O2. The van der Waals surface area contributed by atoms with Gasteiger partial charge in [-0.25, -0.2) is 0 Å². The summed E-state index contributed by atoms with van der Waals surface area (Å²) in [6.45, 7) is 4.38. The highest BCUT2D eigenvalue weighted by molar-refractivity contribution is 6.42. The van der Waals surface area contributed by atoms with E-state index in [1.807, 2.05) is 24.3 Å². The van der Waals surface area contributed by atoms with Crippen LogP contribution in [0.3, 0.4) is 0 Å². The largest absolute Gasteiger partial charge is 0.383 e. The van der Waals surface area contributed by atoms with E-state index >= 15 is 0 Å². The number of methoxy groups -OCH3 is 1. The van der Waals surface area contributed by atoms with Gasteiger partial charge in [-0.3, -0.25) is 5.32 Å². The number of nitrogens with one attached hydrogen (secondary N) is 2. The zero-order valence-corrected chi connectivity index (χ0v) is 23.1. The summed E-state index contributed by atoms with van der Waals surface area (Å²) in [7, 11) is 1.74. The van der Waals surface area contributed by atoms with E-state index in [2.05, 4.69) is 45.9 Å². The molecule has 3 N–H and O–H groups in total. The van der Waals surface area contributed by atoms with Gasteiger partial charge in [-0.05, 0) is 84.8 Å². The van der Waals surface area contributed by atoms with Crippen LogP contribution in [0.2, 0.25) is 10.0 Å². The number of aliphatic hydroxyl groups is 1. The molecule has 3 aromatic carbocycles. The van der Waals surface area contributed by atoms with Crippen LogP contribution in [0.4, 0.5) is 5.69 Å². The number of ether oxygens (including phenoxy) is 1. The zero-order chi connectivity index (χ0) is 26.9. The third-order valence-electron chi connectivity index (χ3n) is 7.23. The summed E-state index contributed by atoms with van der Waals surface area (Å²) in [6.07, 6.45) is 1.22. The molecule has 200 valence electrons. The van der Waals surface area contributed by atoms with Crippen molar-refractivity contribution in [2.24, 2.45) is 5.92 Å². The van der Waals surface area contributed by atoms with Crippen LogP contribution in [0.5, 0.6) is 0 Å². The maximum Gasteiger partial charge on any atom is 0.181 e. The Morgan fingerprint density at radius 3 is 2.47 bits per heavy atom. The van der Waals surface area contributed by atoms with Crippen molar-refractivity contribution < 1.29 is 9.84 Å². The van der Waals surface area contributed by atoms with Crippen LogP contribution >= 0.6 is 23.2 Å². The fourth-order valence-corrected chi connectivity index (χ4v) is 5.38. The molecule has 8 heteroatoms. The Kier molecular flexibility index (Phi) is 10.4. The number of aliphatic hydroxyl groups excluding tert-OH is 1. The number of nitrogens with zero attached hydrogens (tertiary/aromatic N) is 2. The van der Waals surface area contributed by atoms with E-state index < -0.39 is 6.35 Å². The smallest absolute Gasteiger partial charge is 0.181 e. The second-order valence-electron chi connectivity index (χ2n) is 9.68. The van der Waals surface area contributed by atoms with Crippen LogP contribution in [-0.2, 0) is 4.74 Å². The van der Waals surface area contributed by atoms with Crippen molar-refractivity contribution in [3.63, 3.8) is 0 Å². The minimum absolute atomic E-state index is 0.226. The van der Waals surface area contributed by atoms with Gasteiger partial charge >= 0.3 is 0 Å². The number of piperidine rings is 1. The molecular weight excluding hydrogens is 519 g/mol. The number of likely N-dealkylation sites (tertiary alicyclic amines) is 1. The molecule has 3 aromatic rings. The van der Waals surface area contributed by atoms with Crippen molar-refractivity contribution in [1.29, 1.82) is 5.26 Å². The first-order valence-electron chi connectivity index (χ1n) is 12.9. The van der Waals surface area contributed by atoms with Gasteiger partial charge in [0.1, 0.15) is 0 Å². The molecule has 0 amide bonds. The molecule has 6 nitrogen and oxygen atoms in total. The summed E-state index contributed by atoms with van der Waals surface area (Å²) in [6, 6.07) is 23.7. The van der Waals surface area contributed by atoms with Gasteiger partial charge < -0.3 is 20.1 Å². The molecule has 1 fully saturated rings. The van der Waals surface area contributed by atoms with E-state index in [1.165, 1.54) is 5.56 Å². The lowest BCUT2D eigenvalue weighted by molar-refractivity contribution is 0.109. The topological polar surface area (TPSA) is 80.6 Å². The fourth-order valence-electron chi connectivity index (χ4n) is 5.08. The van der Waals surface area contributed by atoms with Gasteiger partial charge in [0.2, 0.25) is 0 Å². The maximum atomic E-state index is 10.7. The van der Waals surface area contributed by atoms with E-state index in [4.69, 9.17) is 27.9 Å². The van der Waals surface area contributed by atoms with Crippen LogP contribution in [0, 0.1) is 17.2 Å². The van der Waals surface area contributed by atoms with Crippen LogP contribution in [0.25, 0.3) is 11.1 Å². The number of nitriles is 1. The molecule has 0 bridgehead atoms. The van der Waals surface area contributed by atoms with Crippen molar-refractivity contribution >= 4 is 28.9 Å². The lowest BCUT2D eigenvalue weighted by atomic mass is 9.79. The summed E-state index contributed by atoms with van der Waals surface area (Å²) < 4.78 is 5.26. The van der Waals surface area contributed by atoms with Crippen LogP contribution in [0.1, 0.15) is 29.9 Å². The number of hydrogen-bond acceptors (Lipinski definition) is 6. The molecule has 38 heavy (non-hydrogen) atoms. The molecule has 2 unspecified atom stereocenters. The predicted octanol–water partition coefficient (Wildman–Crippen LogP) is 5.95. The van der Waals surface area contributed by atoms with Gasteiger partial charge in [0.25, 0.3) is 0 Å². The SMILES string of the molecule is COCCN1CCC(C(CNC(O)Nc2ccc(Cl)c(Cl)c2)c2ccc(-c3cccc(C#N)c3)cc2)CC1. The van der Waals surface area contributed by atoms with Crippen molar-refractivity contribution in [3.8, 4) is 17.2 Å². The average molecular weight is 554 g/mol. The molecule has 2 atom stereocenters. The average Bonchev–Trinajstić information content (AvgIpc) is 2.95. The van der Waals surface area contributed by atoms with E-state index in [0.29, 0.717) is 33.8 Å². The van der Waals surface area contributed by atoms with E-state index in [0.717, 1.165) is 50.2 Å². The van der Waals surface area contributed by atoms with Crippen molar-refractivity contribution in [3.05, 3.63) is 87.9 Å². The fraction of sp³-hybridized carbons (Fsp3) is 0.367. The van der Waals surface area contributed by atoms with Gasteiger partial charge in [-0.1, -0.05) is 59.6 Å². The minimum Gasteiger partial charge on any atom is -0.383 e. The predicted molar refractivity (Wildman–Crippen MR) is 154 cm³/mol. The molecule has 0 aromatic heterocycles. The third-order valence-corrected chi connectivity index (χ3v) is 7.97. The molecule has 0 saturated carbocycles. The highest BCUT2D eigenvalue weighted by atomic mass is 35.5. The molecule has 1 saturated heterocycles. The Labute approximate surface area is 235 Å². The Bertz CT molecular complexity index is 1220. The quantitative estimate of drug-likeness (QED) is 0.255. The maximum absolute atomic E-state index is 10.7. The number of benzene rings is 3.